The van der Waals surface area contributed by atoms with Crippen molar-refractivity contribution >= 4 is 23.4 Å². The Morgan fingerprint density at radius 1 is 1.10 bits per heavy atom. The second-order valence-electron chi connectivity index (χ2n) is 9.42. The average molecular weight is 430 g/mol. The highest BCUT2D eigenvalue weighted by Crippen LogP contribution is 2.34. The molecule has 1 saturated heterocycles. The molecule has 2 aliphatic carbocycles. The standard InChI is InChI=1S/C24H35N3O4/c1-17-8-10-18(11-9-17)23(28)27(20-12-14-31-15-13-20)22-21(24(29)30)16-26(25-22)19-6-4-2-3-5-7-19/h6,16-18,20H,2-5,7-15H2,1H3,(H,29,30)/t17-,18-. The Hall–Kier alpha value is -2.15. The van der Waals surface area contributed by atoms with Crippen LogP contribution < -0.4 is 4.90 Å². The van der Waals surface area contributed by atoms with E-state index in [1.54, 1.807) is 15.8 Å². The molecule has 1 saturated carbocycles. The molecule has 1 amide bonds. The number of aromatic nitrogens is 2. The lowest BCUT2D eigenvalue weighted by atomic mass is 9.82. The lowest BCUT2D eigenvalue weighted by Crippen LogP contribution is -2.47. The van der Waals surface area contributed by atoms with E-state index in [2.05, 4.69) is 13.0 Å². The minimum Gasteiger partial charge on any atom is -0.477 e. The monoisotopic (exact) mass is 429 g/mol. The van der Waals surface area contributed by atoms with Gasteiger partial charge in [-0.15, -0.1) is 5.10 Å². The molecule has 2 heterocycles. The molecule has 0 unspecified atom stereocenters. The van der Waals surface area contributed by atoms with Crippen molar-refractivity contribution < 1.29 is 19.4 Å². The zero-order chi connectivity index (χ0) is 21.8. The summed E-state index contributed by atoms with van der Waals surface area (Å²) in [4.78, 5) is 27.7. The van der Waals surface area contributed by atoms with Crippen molar-refractivity contribution in [1.82, 2.24) is 9.78 Å². The molecule has 0 atom stereocenters. The van der Waals surface area contributed by atoms with Crippen LogP contribution in [0.1, 0.15) is 87.9 Å². The number of carbonyl (C=O) groups is 2. The van der Waals surface area contributed by atoms with Gasteiger partial charge in [-0.1, -0.05) is 19.4 Å². The second-order valence-corrected chi connectivity index (χ2v) is 9.42. The molecule has 31 heavy (non-hydrogen) atoms. The fraction of sp³-hybridized carbons (Fsp3) is 0.708. The average Bonchev–Trinajstić information content (AvgIpc) is 3.02. The number of nitrogens with zero attached hydrogens (tertiary/aromatic N) is 3. The normalized spacial score (nSPS) is 25.5. The van der Waals surface area contributed by atoms with E-state index in [4.69, 9.17) is 9.84 Å². The summed E-state index contributed by atoms with van der Waals surface area (Å²) in [6.07, 6.45) is 14.3. The van der Waals surface area contributed by atoms with Gasteiger partial charge in [-0.25, -0.2) is 9.48 Å². The van der Waals surface area contributed by atoms with E-state index in [-0.39, 0.29) is 23.4 Å². The van der Waals surface area contributed by atoms with Gasteiger partial charge in [0.15, 0.2) is 5.82 Å². The lowest BCUT2D eigenvalue weighted by molar-refractivity contribution is -0.124. The number of hydrogen-bond donors (Lipinski definition) is 1. The molecule has 3 aliphatic rings. The molecule has 1 N–H and O–H groups in total. The quantitative estimate of drug-likeness (QED) is 0.732. The summed E-state index contributed by atoms with van der Waals surface area (Å²) in [5, 5.41) is 14.7. The summed E-state index contributed by atoms with van der Waals surface area (Å²) in [5.41, 5.74) is 1.16. The Balaban J connectivity index is 1.70. The molecule has 0 aromatic carbocycles. The van der Waals surface area contributed by atoms with Crippen LogP contribution in [0.3, 0.4) is 0 Å². The maximum atomic E-state index is 13.7. The number of carboxylic acids is 1. The first-order chi connectivity index (χ1) is 15.0. The molecule has 0 spiro atoms. The third-order valence-electron chi connectivity index (χ3n) is 7.12. The van der Waals surface area contributed by atoms with Crippen LogP contribution >= 0.6 is 0 Å². The molecule has 2 fully saturated rings. The van der Waals surface area contributed by atoms with Crippen molar-refractivity contribution in [3.63, 3.8) is 0 Å². The number of carboxylic acid groups (broad SMARTS) is 1. The predicted octanol–water partition coefficient (Wildman–Crippen LogP) is 4.72. The smallest absolute Gasteiger partial charge is 0.341 e. The molecule has 1 aromatic rings. The van der Waals surface area contributed by atoms with E-state index >= 15 is 0 Å². The SMILES string of the molecule is C[C@H]1CC[C@H](C(=O)N(c2nn(C3=CCCCCC3)cc2C(=O)O)C2CCOCC2)CC1. The molecule has 1 aliphatic heterocycles. The van der Waals surface area contributed by atoms with Gasteiger partial charge in [0.1, 0.15) is 5.56 Å². The molecule has 0 radical (unpaired) electrons. The van der Waals surface area contributed by atoms with E-state index in [0.717, 1.165) is 57.1 Å². The number of hydrogen-bond acceptors (Lipinski definition) is 4. The van der Waals surface area contributed by atoms with Crippen molar-refractivity contribution in [3.8, 4) is 0 Å². The van der Waals surface area contributed by atoms with Gasteiger partial charge in [-0.05, 0) is 70.1 Å². The van der Waals surface area contributed by atoms with Gasteiger partial charge < -0.3 is 9.84 Å². The fourth-order valence-corrected chi connectivity index (χ4v) is 5.15. The Morgan fingerprint density at radius 3 is 2.55 bits per heavy atom. The second kappa shape index (κ2) is 9.98. The lowest BCUT2D eigenvalue weighted by Gasteiger charge is -2.37. The molecular weight excluding hydrogens is 394 g/mol. The van der Waals surface area contributed by atoms with Crippen molar-refractivity contribution in [2.45, 2.75) is 83.6 Å². The van der Waals surface area contributed by atoms with E-state index in [9.17, 15) is 14.7 Å². The number of allylic oxidation sites excluding steroid dienone is 2. The van der Waals surface area contributed by atoms with Crippen molar-refractivity contribution in [2.75, 3.05) is 18.1 Å². The van der Waals surface area contributed by atoms with E-state index in [0.29, 0.717) is 37.8 Å². The highest BCUT2D eigenvalue weighted by atomic mass is 16.5. The van der Waals surface area contributed by atoms with Crippen LogP contribution in [-0.4, -0.2) is 46.0 Å². The molecule has 7 heteroatoms. The zero-order valence-electron chi connectivity index (χ0n) is 18.6. The first-order valence-electron chi connectivity index (χ1n) is 12.0. The molecule has 4 rings (SSSR count). The van der Waals surface area contributed by atoms with Crippen LogP contribution in [0.25, 0.3) is 5.70 Å². The summed E-state index contributed by atoms with van der Waals surface area (Å²) in [6, 6.07) is -0.0647. The Bertz CT molecular complexity index is 817. The molecule has 7 nitrogen and oxygen atoms in total. The van der Waals surface area contributed by atoms with E-state index < -0.39 is 5.97 Å². The minimum absolute atomic E-state index is 0.0430. The van der Waals surface area contributed by atoms with Crippen LogP contribution in [0.15, 0.2) is 12.3 Å². The van der Waals surface area contributed by atoms with Crippen molar-refractivity contribution in [1.29, 1.82) is 0 Å². The summed E-state index contributed by atoms with van der Waals surface area (Å²) in [5.74, 6) is -0.0772. The summed E-state index contributed by atoms with van der Waals surface area (Å²) in [6.45, 7) is 3.41. The first kappa shape index (κ1) is 22.1. The maximum Gasteiger partial charge on any atom is 0.341 e. The zero-order valence-corrected chi connectivity index (χ0v) is 18.6. The third-order valence-corrected chi connectivity index (χ3v) is 7.12. The summed E-state index contributed by atoms with van der Waals surface area (Å²) < 4.78 is 7.24. The molecule has 1 aromatic heterocycles. The van der Waals surface area contributed by atoms with Crippen LogP contribution in [-0.2, 0) is 9.53 Å². The van der Waals surface area contributed by atoms with Gasteiger partial charge in [0, 0.05) is 37.1 Å². The van der Waals surface area contributed by atoms with Gasteiger partial charge in [0.2, 0.25) is 5.91 Å². The maximum absolute atomic E-state index is 13.7. The largest absolute Gasteiger partial charge is 0.477 e. The first-order valence-corrected chi connectivity index (χ1v) is 12.0. The van der Waals surface area contributed by atoms with Gasteiger partial charge in [0.25, 0.3) is 0 Å². The van der Waals surface area contributed by atoms with Crippen LogP contribution in [0, 0.1) is 11.8 Å². The van der Waals surface area contributed by atoms with Gasteiger partial charge >= 0.3 is 5.97 Å². The minimum atomic E-state index is -1.03. The third kappa shape index (κ3) is 5.03. The van der Waals surface area contributed by atoms with Crippen LogP contribution in [0.2, 0.25) is 0 Å². The number of aromatic carboxylic acids is 1. The van der Waals surface area contributed by atoms with Gasteiger partial charge in [-0.3, -0.25) is 9.69 Å². The molecular formula is C24H35N3O4. The highest BCUT2D eigenvalue weighted by molar-refractivity contribution is 6.02. The number of carbonyl (C=O) groups excluding carboxylic acids is 1. The molecule has 170 valence electrons. The summed E-state index contributed by atoms with van der Waals surface area (Å²) in [7, 11) is 0. The predicted molar refractivity (Wildman–Crippen MR) is 119 cm³/mol. The van der Waals surface area contributed by atoms with Gasteiger partial charge in [0.05, 0.1) is 0 Å². The van der Waals surface area contributed by atoms with Crippen molar-refractivity contribution in [2.24, 2.45) is 11.8 Å². The number of ether oxygens (including phenoxy) is 1. The number of rotatable bonds is 5. The fourth-order valence-electron chi connectivity index (χ4n) is 5.15. The van der Waals surface area contributed by atoms with Gasteiger partial charge in [-0.2, -0.15) is 0 Å². The van der Waals surface area contributed by atoms with E-state index in [1.165, 1.54) is 6.42 Å². The Labute approximate surface area is 184 Å². The van der Waals surface area contributed by atoms with E-state index in [1.807, 2.05) is 0 Å². The van der Waals surface area contributed by atoms with Crippen molar-refractivity contribution in [3.05, 3.63) is 17.8 Å². The Morgan fingerprint density at radius 2 is 1.84 bits per heavy atom. The highest BCUT2D eigenvalue weighted by Gasteiger charge is 2.37. The van der Waals surface area contributed by atoms with Crippen LogP contribution in [0.5, 0.6) is 0 Å². The number of anilines is 1. The molecule has 0 bridgehead atoms. The Kier molecular flexibility index (Phi) is 7.10. The topological polar surface area (TPSA) is 84.7 Å². The van der Waals surface area contributed by atoms with Crippen LogP contribution in [0.4, 0.5) is 5.82 Å². The summed E-state index contributed by atoms with van der Waals surface area (Å²) >= 11 is 0. The number of amides is 1.